The Hall–Kier alpha value is -0.700. The summed E-state index contributed by atoms with van der Waals surface area (Å²) in [7, 11) is 0. The molecule has 6 nitrogen and oxygen atoms in total. The van der Waals surface area contributed by atoms with Gasteiger partial charge in [-0.05, 0) is 41.5 Å². The van der Waals surface area contributed by atoms with Crippen molar-refractivity contribution in [1.29, 1.82) is 0 Å². The van der Waals surface area contributed by atoms with Crippen molar-refractivity contribution in [3.05, 3.63) is 5.01 Å². The Morgan fingerprint density at radius 1 is 1.33 bits per heavy atom. The number of aryl methyl sites for hydroxylation is 1. The Morgan fingerprint density at radius 2 is 2.00 bits per heavy atom. The highest BCUT2D eigenvalue weighted by Gasteiger charge is 2.37. The third-order valence-electron chi connectivity index (χ3n) is 3.14. The largest absolute Gasteiger partial charge is 0.460 e. The number of aromatic nitrogens is 2. The van der Waals surface area contributed by atoms with Gasteiger partial charge >= 0.3 is 5.97 Å². The number of hydrogen-bond acceptors (Lipinski definition) is 8. The molecule has 0 bridgehead atoms. The van der Waals surface area contributed by atoms with Gasteiger partial charge in [0.15, 0.2) is 10.1 Å². The molecule has 8 heteroatoms. The van der Waals surface area contributed by atoms with Crippen molar-refractivity contribution in [3.63, 3.8) is 0 Å². The van der Waals surface area contributed by atoms with Gasteiger partial charge in [0.05, 0.1) is 18.6 Å². The fourth-order valence-electron chi connectivity index (χ4n) is 2.52. The summed E-state index contributed by atoms with van der Waals surface area (Å²) in [4.78, 5) is 12.1. The molecule has 0 saturated carbocycles. The number of esters is 1. The van der Waals surface area contributed by atoms with E-state index in [1.165, 1.54) is 0 Å². The minimum absolute atomic E-state index is 0.00427. The standard InChI is InChI=1S/C16H26N2O4S2/c1-10-17-18-14(24-10)23-9-12-7-11(20-16(5,6)21-12)8-13(19)22-15(2,3)4/h11-12H,7-9H2,1-6H3/t11-,12+/m1/s1. The van der Waals surface area contributed by atoms with Crippen LogP contribution in [0.4, 0.5) is 0 Å². The van der Waals surface area contributed by atoms with Crippen LogP contribution in [0.25, 0.3) is 0 Å². The molecule has 0 aromatic carbocycles. The van der Waals surface area contributed by atoms with Gasteiger partial charge in [-0.3, -0.25) is 4.79 Å². The summed E-state index contributed by atoms with van der Waals surface area (Å²) in [5, 5.41) is 9.09. The lowest BCUT2D eigenvalue weighted by Gasteiger charge is -2.40. The molecule has 1 saturated heterocycles. The molecule has 0 N–H and O–H groups in total. The first kappa shape index (κ1) is 19.6. The zero-order valence-electron chi connectivity index (χ0n) is 15.1. The van der Waals surface area contributed by atoms with Gasteiger partial charge in [0.1, 0.15) is 10.6 Å². The quantitative estimate of drug-likeness (QED) is 0.576. The van der Waals surface area contributed by atoms with E-state index in [0.717, 1.165) is 15.1 Å². The minimum Gasteiger partial charge on any atom is -0.460 e. The Bertz CT molecular complexity index is 569. The molecular formula is C16H26N2O4S2. The van der Waals surface area contributed by atoms with Gasteiger partial charge in [-0.1, -0.05) is 23.1 Å². The van der Waals surface area contributed by atoms with Gasteiger partial charge in [-0.15, -0.1) is 10.2 Å². The first-order valence-electron chi connectivity index (χ1n) is 8.03. The third kappa shape index (κ3) is 6.66. The number of nitrogens with zero attached hydrogens (tertiary/aromatic N) is 2. The number of thioether (sulfide) groups is 1. The van der Waals surface area contributed by atoms with Crippen molar-refractivity contribution < 1.29 is 19.0 Å². The highest BCUT2D eigenvalue weighted by Crippen LogP contribution is 2.32. The molecule has 1 aromatic heterocycles. The van der Waals surface area contributed by atoms with Crippen LogP contribution in [0.1, 0.15) is 52.5 Å². The van der Waals surface area contributed by atoms with Crippen molar-refractivity contribution in [2.24, 2.45) is 0 Å². The SMILES string of the molecule is Cc1nnc(SC[C@@H]2C[C@H](CC(=O)OC(C)(C)C)OC(C)(C)O2)s1. The molecule has 24 heavy (non-hydrogen) atoms. The van der Waals surface area contributed by atoms with Crippen LogP contribution in [0.5, 0.6) is 0 Å². The molecule has 0 unspecified atom stereocenters. The van der Waals surface area contributed by atoms with Crippen LogP contribution < -0.4 is 0 Å². The lowest BCUT2D eigenvalue weighted by molar-refractivity contribution is -0.295. The fraction of sp³-hybridized carbons (Fsp3) is 0.812. The van der Waals surface area contributed by atoms with E-state index in [0.29, 0.717) is 6.42 Å². The van der Waals surface area contributed by atoms with E-state index >= 15 is 0 Å². The summed E-state index contributed by atoms with van der Waals surface area (Å²) in [6.07, 6.45) is 0.692. The molecule has 1 aliphatic rings. The summed E-state index contributed by atoms with van der Waals surface area (Å²) in [5.41, 5.74) is -0.483. The Morgan fingerprint density at radius 3 is 2.58 bits per heavy atom. The second-order valence-electron chi connectivity index (χ2n) is 7.30. The molecule has 2 heterocycles. The van der Waals surface area contributed by atoms with E-state index in [1.54, 1.807) is 23.1 Å². The molecule has 0 amide bonds. The smallest absolute Gasteiger partial charge is 0.308 e. The van der Waals surface area contributed by atoms with E-state index in [9.17, 15) is 4.79 Å². The van der Waals surface area contributed by atoms with Crippen molar-refractivity contribution in [2.45, 2.75) is 82.3 Å². The van der Waals surface area contributed by atoms with Gasteiger partial charge in [-0.25, -0.2) is 0 Å². The zero-order chi connectivity index (χ0) is 18.0. The Labute approximate surface area is 151 Å². The Balaban J connectivity index is 1.89. The normalized spacial score (nSPS) is 23.9. The van der Waals surface area contributed by atoms with Crippen LogP contribution in [-0.2, 0) is 19.0 Å². The second kappa shape index (κ2) is 7.68. The van der Waals surface area contributed by atoms with E-state index in [4.69, 9.17) is 14.2 Å². The maximum atomic E-state index is 12.1. The molecule has 2 atom stereocenters. The summed E-state index contributed by atoms with van der Waals surface area (Å²) in [6, 6.07) is 0. The van der Waals surface area contributed by atoms with Gasteiger partial charge in [-0.2, -0.15) is 0 Å². The lowest BCUT2D eigenvalue weighted by atomic mass is 10.1. The van der Waals surface area contributed by atoms with Crippen LogP contribution in [-0.4, -0.2) is 45.5 Å². The minimum atomic E-state index is -0.715. The number of ether oxygens (including phenoxy) is 3. The van der Waals surface area contributed by atoms with E-state index in [2.05, 4.69) is 10.2 Å². The number of carbonyl (C=O) groups is 1. The predicted octanol–water partition coefficient (Wildman–Crippen LogP) is 3.58. The van der Waals surface area contributed by atoms with Crippen molar-refractivity contribution in [3.8, 4) is 0 Å². The van der Waals surface area contributed by atoms with Crippen LogP contribution in [0.15, 0.2) is 4.34 Å². The third-order valence-corrected chi connectivity index (χ3v) is 5.25. The molecule has 136 valence electrons. The highest BCUT2D eigenvalue weighted by atomic mass is 32.2. The second-order valence-corrected chi connectivity index (χ2v) is 9.75. The summed E-state index contributed by atoms with van der Waals surface area (Å²) in [6.45, 7) is 11.3. The summed E-state index contributed by atoms with van der Waals surface area (Å²) >= 11 is 3.20. The van der Waals surface area contributed by atoms with Crippen LogP contribution in [0, 0.1) is 6.92 Å². The molecule has 2 rings (SSSR count). The zero-order valence-corrected chi connectivity index (χ0v) is 16.8. The van der Waals surface area contributed by atoms with Crippen molar-refractivity contribution in [2.75, 3.05) is 5.75 Å². The molecule has 0 spiro atoms. The Kier molecular flexibility index (Phi) is 6.28. The van der Waals surface area contributed by atoms with Crippen LogP contribution in [0.3, 0.4) is 0 Å². The van der Waals surface area contributed by atoms with E-state index in [1.807, 2.05) is 41.5 Å². The van der Waals surface area contributed by atoms with E-state index in [-0.39, 0.29) is 24.6 Å². The van der Waals surface area contributed by atoms with Crippen LogP contribution in [0.2, 0.25) is 0 Å². The van der Waals surface area contributed by atoms with Gasteiger partial charge in [0.25, 0.3) is 0 Å². The number of carbonyl (C=O) groups excluding carboxylic acids is 1. The molecule has 0 aliphatic carbocycles. The molecule has 1 fully saturated rings. The number of hydrogen-bond donors (Lipinski definition) is 0. The summed E-state index contributed by atoms with van der Waals surface area (Å²) in [5.74, 6) is -0.198. The lowest BCUT2D eigenvalue weighted by Crippen LogP contribution is -2.46. The molecular weight excluding hydrogens is 348 g/mol. The van der Waals surface area contributed by atoms with Crippen molar-refractivity contribution >= 4 is 29.1 Å². The van der Waals surface area contributed by atoms with Crippen molar-refractivity contribution in [1.82, 2.24) is 10.2 Å². The molecule has 0 radical (unpaired) electrons. The topological polar surface area (TPSA) is 70.5 Å². The van der Waals surface area contributed by atoms with Gasteiger partial charge in [0, 0.05) is 12.2 Å². The monoisotopic (exact) mass is 374 g/mol. The average Bonchev–Trinajstić information content (AvgIpc) is 2.78. The molecule has 1 aromatic rings. The predicted molar refractivity (Wildman–Crippen MR) is 94.3 cm³/mol. The van der Waals surface area contributed by atoms with Gasteiger partial charge in [0.2, 0.25) is 0 Å². The fourth-order valence-corrected chi connectivity index (χ4v) is 4.37. The maximum Gasteiger partial charge on any atom is 0.308 e. The maximum absolute atomic E-state index is 12.1. The molecule has 1 aliphatic heterocycles. The number of rotatable bonds is 5. The first-order valence-corrected chi connectivity index (χ1v) is 9.83. The van der Waals surface area contributed by atoms with Gasteiger partial charge < -0.3 is 14.2 Å². The van der Waals surface area contributed by atoms with Crippen LogP contribution >= 0.6 is 23.1 Å². The van der Waals surface area contributed by atoms with E-state index < -0.39 is 11.4 Å². The highest BCUT2D eigenvalue weighted by molar-refractivity contribution is 8.01. The average molecular weight is 375 g/mol. The first-order chi connectivity index (χ1) is 11.0. The summed E-state index contributed by atoms with van der Waals surface area (Å²) < 4.78 is 18.2.